The Hall–Kier alpha value is -1.68. The van der Waals surface area contributed by atoms with E-state index in [9.17, 15) is 9.90 Å². The second-order valence-electron chi connectivity index (χ2n) is 2.89. The molecule has 0 saturated heterocycles. The van der Waals surface area contributed by atoms with E-state index >= 15 is 0 Å². The standard InChI is InChI=1S/C10H7ClO4/c1-14-10(13)9-7(12)5-3-2-4-6(11)8(5)15-9/h2-4,12H,1H3. The molecule has 0 bridgehead atoms. The van der Waals surface area contributed by atoms with E-state index in [1.165, 1.54) is 7.11 Å². The summed E-state index contributed by atoms with van der Waals surface area (Å²) >= 11 is 5.83. The molecule has 2 aromatic rings. The zero-order valence-electron chi connectivity index (χ0n) is 7.78. The Kier molecular flexibility index (Phi) is 2.28. The zero-order valence-corrected chi connectivity index (χ0v) is 8.54. The molecule has 0 saturated carbocycles. The lowest BCUT2D eigenvalue weighted by Crippen LogP contribution is -1.98. The highest BCUT2D eigenvalue weighted by Gasteiger charge is 2.21. The van der Waals surface area contributed by atoms with Gasteiger partial charge in [0, 0.05) is 0 Å². The Balaban J connectivity index is 2.75. The molecule has 1 N–H and O–H groups in total. The predicted octanol–water partition coefficient (Wildman–Crippen LogP) is 2.58. The summed E-state index contributed by atoms with van der Waals surface area (Å²) in [5, 5.41) is 10.4. The molecule has 78 valence electrons. The van der Waals surface area contributed by atoms with Crippen molar-refractivity contribution in [2.45, 2.75) is 0 Å². The van der Waals surface area contributed by atoms with Gasteiger partial charge in [0.25, 0.3) is 5.76 Å². The number of carbonyl (C=O) groups excluding carboxylic acids is 1. The van der Waals surface area contributed by atoms with E-state index < -0.39 is 5.97 Å². The first-order valence-corrected chi connectivity index (χ1v) is 4.51. The van der Waals surface area contributed by atoms with Crippen molar-refractivity contribution < 1.29 is 19.1 Å². The first-order valence-electron chi connectivity index (χ1n) is 4.13. The molecule has 1 aromatic carbocycles. The molecule has 1 aromatic heterocycles. The van der Waals surface area contributed by atoms with Gasteiger partial charge in [-0.05, 0) is 12.1 Å². The Morgan fingerprint density at radius 1 is 1.53 bits per heavy atom. The van der Waals surface area contributed by atoms with Crippen LogP contribution in [-0.2, 0) is 4.74 Å². The average molecular weight is 227 g/mol. The van der Waals surface area contributed by atoms with Crippen molar-refractivity contribution in [2.75, 3.05) is 7.11 Å². The lowest BCUT2D eigenvalue weighted by molar-refractivity contribution is 0.0563. The fraction of sp³-hybridized carbons (Fsp3) is 0.100. The molecule has 1 heterocycles. The van der Waals surface area contributed by atoms with Gasteiger partial charge in [-0.25, -0.2) is 4.79 Å². The minimum atomic E-state index is -0.736. The lowest BCUT2D eigenvalue weighted by atomic mass is 10.2. The first-order chi connectivity index (χ1) is 7.15. The number of furan rings is 1. The molecule has 0 aliphatic carbocycles. The van der Waals surface area contributed by atoms with Crippen LogP contribution < -0.4 is 0 Å². The maximum Gasteiger partial charge on any atom is 0.377 e. The molecule has 0 aliphatic heterocycles. The summed E-state index contributed by atoms with van der Waals surface area (Å²) < 4.78 is 9.58. The Morgan fingerprint density at radius 3 is 2.87 bits per heavy atom. The number of rotatable bonds is 1. The number of carbonyl (C=O) groups is 1. The van der Waals surface area contributed by atoms with E-state index in [0.717, 1.165) is 0 Å². The van der Waals surface area contributed by atoms with Crippen molar-refractivity contribution in [3.8, 4) is 5.75 Å². The minimum absolute atomic E-state index is 0.236. The molecule has 5 heteroatoms. The van der Waals surface area contributed by atoms with Gasteiger partial charge in [0.1, 0.15) is 0 Å². The molecule has 0 fully saturated rings. The number of esters is 1. The van der Waals surface area contributed by atoms with Crippen LogP contribution in [0.2, 0.25) is 5.02 Å². The molecule has 0 amide bonds. The molecular formula is C10H7ClO4. The maximum absolute atomic E-state index is 11.2. The van der Waals surface area contributed by atoms with E-state index in [0.29, 0.717) is 10.4 Å². The van der Waals surface area contributed by atoms with Gasteiger partial charge in [0.2, 0.25) is 0 Å². The SMILES string of the molecule is COC(=O)c1oc2c(Cl)cccc2c1O. The zero-order chi connectivity index (χ0) is 11.0. The summed E-state index contributed by atoms with van der Waals surface area (Å²) in [6, 6.07) is 4.86. The quantitative estimate of drug-likeness (QED) is 0.760. The molecular weight excluding hydrogens is 220 g/mol. The number of aromatic hydroxyl groups is 1. The van der Waals surface area contributed by atoms with E-state index in [4.69, 9.17) is 16.0 Å². The Bertz CT molecular complexity index is 529. The molecule has 15 heavy (non-hydrogen) atoms. The van der Waals surface area contributed by atoms with Gasteiger partial charge in [-0.3, -0.25) is 0 Å². The smallest absolute Gasteiger partial charge is 0.377 e. The maximum atomic E-state index is 11.2. The number of halogens is 1. The molecule has 2 rings (SSSR count). The van der Waals surface area contributed by atoms with Crippen molar-refractivity contribution in [1.82, 2.24) is 0 Å². The van der Waals surface area contributed by atoms with Crippen LogP contribution in [0.3, 0.4) is 0 Å². The highest BCUT2D eigenvalue weighted by molar-refractivity contribution is 6.35. The van der Waals surface area contributed by atoms with Crippen LogP contribution in [0.15, 0.2) is 22.6 Å². The molecule has 0 unspecified atom stereocenters. The fourth-order valence-electron chi connectivity index (χ4n) is 1.30. The Morgan fingerprint density at radius 2 is 2.27 bits per heavy atom. The van der Waals surface area contributed by atoms with Crippen LogP contribution in [0.1, 0.15) is 10.6 Å². The number of fused-ring (bicyclic) bond motifs is 1. The highest BCUT2D eigenvalue weighted by Crippen LogP contribution is 2.35. The van der Waals surface area contributed by atoms with Crippen LogP contribution in [0.5, 0.6) is 5.75 Å². The van der Waals surface area contributed by atoms with Gasteiger partial charge in [-0.1, -0.05) is 17.7 Å². The minimum Gasteiger partial charge on any atom is -0.504 e. The monoisotopic (exact) mass is 226 g/mol. The van der Waals surface area contributed by atoms with E-state index in [1.807, 2.05) is 0 Å². The van der Waals surface area contributed by atoms with Crippen LogP contribution in [0, 0.1) is 0 Å². The van der Waals surface area contributed by atoms with Gasteiger partial charge >= 0.3 is 5.97 Å². The molecule has 0 spiro atoms. The van der Waals surface area contributed by atoms with Gasteiger partial charge in [-0.2, -0.15) is 0 Å². The first kappa shape index (κ1) is 9.86. The van der Waals surface area contributed by atoms with Crippen LogP contribution >= 0.6 is 11.6 Å². The van der Waals surface area contributed by atoms with Crippen molar-refractivity contribution in [2.24, 2.45) is 0 Å². The van der Waals surface area contributed by atoms with Gasteiger partial charge in [0.15, 0.2) is 11.3 Å². The van der Waals surface area contributed by atoms with Crippen molar-refractivity contribution in [3.05, 3.63) is 29.0 Å². The second kappa shape index (κ2) is 3.47. The van der Waals surface area contributed by atoms with Crippen molar-refractivity contribution >= 4 is 28.5 Å². The number of hydrogen-bond acceptors (Lipinski definition) is 4. The van der Waals surface area contributed by atoms with E-state index in [2.05, 4.69) is 4.74 Å². The van der Waals surface area contributed by atoms with Crippen molar-refractivity contribution in [1.29, 1.82) is 0 Å². The fourth-order valence-corrected chi connectivity index (χ4v) is 1.52. The molecule has 0 aliphatic rings. The largest absolute Gasteiger partial charge is 0.504 e. The summed E-state index contributed by atoms with van der Waals surface area (Å²) in [7, 11) is 1.20. The van der Waals surface area contributed by atoms with Gasteiger partial charge in [-0.15, -0.1) is 0 Å². The lowest BCUT2D eigenvalue weighted by Gasteiger charge is -1.93. The average Bonchev–Trinajstić information content (AvgIpc) is 2.57. The van der Waals surface area contributed by atoms with E-state index in [-0.39, 0.29) is 17.1 Å². The van der Waals surface area contributed by atoms with Crippen LogP contribution in [0.25, 0.3) is 11.0 Å². The molecule has 4 nitrogen and oxygen atoms in total. The number of ether oxygens (including phenoxy) is 1. The van der Waals surface area contributed by atoms with Crippen molar-refractivity contribution in [3.63, 3.8) is 0 Å². The third-order valence-corrected chi connectivity index (χ3v) is 2.31. The van der Waals surface area contributed by atoms with Gasteiger partial charge < -0.3 is 14.3 Å². The Labute approximate surface area is 90.0 Å². The van der Waals surface area contributed by atoms with Crippen LogP contribution in [-0.4, -0.2) is 18.2 Å². The highest BCUT2D eigenvalue weighted by atomic mass is 35.5. The molecule has 0 radical (unpaired) electrons. The summed E-state index contributed by atoms with van der Waals surface area (Å²) in [5.41, 5.74) is 0.275. The second-order valence-corrected chi connectivity index (χ2v) is 3.30. The summed E-state index contributed by atoms with van der Waals surface area (Å²) in [6.07, 6.45) is 0. The molecule has 0 atom stereocenters. The third-order valence-electron chi connectivity index (χ3n) is 2.01. The summed E-state index contributed by atoms with van der Waals surface area (Å²) in [6.45, 7) is 0. The number of benzene rings is 1. The predicted molar refractivity (Wildman–Crippen MR) is 54.2 cm³/mol. The summed E-state index contributed by atoms with van der Waals surface area (Å²) in [4.78, 5) is 11.2. The summed E-state index contributed by atoms with van der Waals surface area (Å²) in [5.74, 6) is -1.22. The number of para-hydroxylation sites is 1. The number of methoxy groups -OCH3 is 1. The van der Waals surface area contributed by atoms with Gasteiger partial charge in [0.05, 0.1) is 17.5 Å². The third kappa shape index (κ3) is 1.43. The van der Waals surface area contributed by atoms with Crippen LogP contribution in [0.4, 0.5) is 0 Å². The topological polar surface area (TPSA) is 59.7 Å². The number of hydrogen-bond donors (Lipinski definition) is 1. The van der Waals surface area contributed by atoms with E-state index in [1.54, 1.807) is 18.2 Å². The normalized spacial score (nSPS) is 10.5.